The fraction of sp³-hybridized carbons (Fsp3) is 0.533. The summed E-state index contributed by atoms with van der Waals surface area (Å²) >= 11 is 0. The molecule has 20 heavy (non-hydrogen) atoms. The molecule has 1 amide bonds. The first-order chi connectivity index (χ1) is 9.10. The molecule has 0 saturated carbocycles. The van der Waals surface area contributed by atoms with E-state index in [1.165, 1.54) is 6.07 Å². The summed E-state index contributed by atoms with van der Waals surface area (Å²) in [5.41, 5.74) is 0.346. The van der Waals surface area contributed by atoms with E-state index in [-0.39, 0.29) is 24.0 Å². The molecule has 0 aliphatic rings. The Labute approximate surface area is 119 Å². The molecule has 0 spiro atoms. The number of benzene rings is 1. The van der Waals surface area contributed by atoms with Gasteiger partial charge in [0, 0.05) is 11.6 Å². The third-order valence-electron chi connectivity index (χ3n) is 2.99. The maximum Gasteiger partial charge on any atom is 0.234 e. The lowest BCUT2D eigenvalue weighted by Crippen LogP contribution is -2.45. The van der Waals surface area contributed by atoms with Gasteiger partial charge >= 0.3 is 0 Å². The number of halogens is 2. The highest BCUT2D eigenvalue weighted by Crippen LogP contribution is 2.20. The average molecular weight is 284 g/mol. The van der Waals surface area contributed by atoms with Crippen molar-refractivity contribution in [2.24, 2.45) is 0 Å². The fourth-order valence-corrected chi connectivity index (χ4v) is 1.85. The summed E-state index contributed by atoms with van der Waals surface area (Å²) in [7, 11) is 1.77. The Morgan fingerprint density at radius 1 is 1.30 bits per heavy atom. The van der Waals surface area contributed by atoms with Gasteiger partial charge in [0.1, 0.15) is 0 Å². The SMILES string of the molecule is CC(c1ccc(F)c(F)c1)N(C)CC(=O)NC(C)(C)C. The molecule has 0 aliphatic heterocycles. The largest absolute Gasteiger partial charge is 0.350 e. The van der Waals surface area contributed by atoms with Crippen molar-refractivity contribution in [3.05, 3.63) is 35.4 Å². The highest BCUT2D eigenvalue weighted by Gasteiger charge is 2.19. The molecule has 1 unspecified atom stereocenters. The Balaban J connectivity index is 2.69. The van der Waals surface area contributed by atoms with Crippen molar-refractivity contribution in [2.45, 2.75) is 39.3 Å². The van der Waals surface area contributed by atoms with Crippen molar-refractivity contribution in [3.8, 4) is 0 Å². The van der Waals surface area contributed by atoms with Crippen LogP contribution in [0.2, 0.25) is 0 Å². The third-order valence-corrected chi connectivity index (χ3v) is 2.99. The summed E-state index contributed by atoms with van der Waals surface area (Å²) in [4.78, 5) is 13.6. The zero-order valence-electron chi connectivity index (χ0n) is 12.6. The maximum absolute atomic E-state index is 13.2. The monoisotopic (exact) mass is 284 g/mol. The van der Waals surface area contributed by atoms with Crippen molar-refractivity contribution < 1.29 is 13.6 Å². The van der Waals surface area contributed by atoms with Crippen molar-refractivity contribution in [2.75, 3.05) is 13.6 Å². The smallest absolute Gasteiger partial charge is 0.234 e. The quantitative estimate of drug-likeness (QED) is 0.922. The van der Waals surface area contributed by atoms with Crippen LogP contribution in [0.5, 0.6) is 0 Å². The number of amides is 1. The molecule has 0 aliphatic carbocycles. The lowest BCUT2D eigenvalue weighted by molar-refractivity contribution is -0.123. The molecule has 0 fully saturated rings. The molecule has 0 aromatic heterocycles. The van der Waals surface area contributed by atoms with Crippen LogP contribution in [0.25, 0.3) is 0 Å². The molecule has 1 aromatic carbocycles. The Morgan fingerprint density at radius 2 is 1.90 bits per heavy atom. The van der Waals surface area contributed by atoms with E-state index in [0.717, 1.165) is 12.1 Å². The van der Waals surface area contributed by atoms with Gasteiger partial charge in [-0.1, -0.05) is 6.07 Å². The first-order valence-electron chi connectivity index (χ1n) is 6.56. The number of likely N-dealkylation sites (N-methyl/N-ethyl adjacent to an activating group) is 1. The number of hydrogen-bond acceptors (Lipinski definition) is 2. The molecule has 1 atom stereocenters. The first-order valence-corrected chi connectivity index (χ1v) is 6.56. The molecule has 0 bridgehead atoms. The van der Waals surface area contributed by atoms with Crippen LogP contribution in [0.1, 0.15) is 39.3 Å². The van der Waals surface area contributed by atoms with Gasteiger partial charge in [-0.2, -0.15) is 0 Å². The topological polar surface area (TPSA) is 32.3 Å². The van der Waals surface area contributed by atoms with E-state index < -0.39 is 11.6 Å². The second-order valence-electron chi connectivity index (χ2n) is 6.06. The zero-order valence-corrected chi connectivity index (χ0v) is 12.6. The van der Waals surface area contributed by atoms with Crippen LogP contribution in [0.4, 0.5) is 8.78 Å². The molecule has 0 saturated heterocycles. The van der Waals surface area contributed by atoms with Crippen LogP contribution >= 0.6 is 0 Å². The van der Waals surface area contributed by atoms with Crippen LogP contribution in [-0.2, 0) is 4.79 Å². The molecular formula is C15H22F2N2O. The minimum Gasteiger partial charge on any atom is -0.350 e. The van der Waals surface area contributed by atoms with Crippen molar-refractivity contribution >= 4 is 5.91 Å². The Kier molecular flexibility index (Phi) is 5.22. The minimum absolute atomic E-state index is 0.102. The van der Waals surface area contributed by atoms with E-state index in [1.54, 1.807) is 11.9 Å². The number of rotatable bonds is 4. The summed E-state index contributed by atoms with van der Waals surface area (Å²) in [6.07, 6.45) is 0. The summed E-state index contributed by atoms with van der Waals surface area (Å²) < 4.78 is 26.1. The van der Waals surface area contributed by atoms with Gasteiger partial charge in [-0.3, -0.25) is 9.69 Å². The summed E-state index contributed by atoms with van der Waals surface area (Å²) in [5.74, 6) is -1.84. The van der Waals surface area contributed by atoms with E-state index in [1.807, 2.05) is 27.7 Å². The average Bonchev–Trinajstić information content (AvgIpc) is 2.29. The second-order valence-corrected chi connectivity index (χ2v) is 6.06. The number of nitrogens with one attached hydrogen (secondary N) is 1. The molecule has 0 radical (unpaired) electrons. The Hall–Kier alpha value is -1.49. The molecule has 3 nitrogen and oxygen atoms in total. The molecule has 5 heteroatoms. The molecule has 0 heterocycles. The Morgan fingerprint density at radius 3 is 2.40 bits per heavy atom. The third kappa shape index (κ3) is 4.89. The second kappa shape index (κ2) is 6.31. The van der Waals surface area contributed by atoms with Crippen LogP contribution in [-0.4, -0.2) is 29.9 Å². The van der Waals surface area contributed by atoms with Gasteiger partial charge in [-0.25, -0.2) is 8.78 Å². The van der Waals surface area contributed by atoms with Gasteiger partial charge in [0.15, 0.2) is 11.6 Å². The van der Waals surface area contributed by atoms with E-state index >= 15 is 0 Å². The van der Waals surface area contributed by atoms with E-state index in [2.05, 4.69) is 5.32 Å². The lowest BCUT2D eigenvalue weighted by atomic mass is 10.1. The molecular weight excluding hydrogens is 262 g/mol. The first kappa shape index (κ1) is 16.6. The fourth-order valence-electron chi connectivity index (χ4n) is 1.85. The van der Waals surface area contributed by atoms with Gasteiger partial charge < -0.3 is 5.32 Å². The highest BCUT2D eigenvalue weighted by atomic mass is 19.2. The van der Waals surface area contributed by atoms with E-state index in [4.69, 9.17) is 0 Å². The number of carbonyl (C=O) groups is 1. The van der Waals surface area contributed by atoms with Crippen LogP contribution in [0, 0.1) is 11.6 Å². The van der Waals surface area contributed by atoms with Crippen molar-refractivity contribution in [1.82, 2.24) is 10.2 Å². The van der Waals surface area contributed by atoms with Crippen molar-refractivity contribution in [3.63, 3.8) is 0 Å². The van der Waals surface area contributed by atoms with Gasteiger partial charge in [-0.05, 0) is 52.4 Å². The van der Waals surface area contributed by atoms with Crippen LogP contribution in [0.15, 0.2) is 18.2 Å². The van der Waals surface area contributed by atoms with Gasteiger partial charge in [0.2, 0.25) is 5.91 Å². The van der Waals surface area contributed by atoms with Gasteiger partial charge in [-0.15, -0.1) is 0 Å². The summed E-state index contributed by atoms with van der Waals surface area (Å²) in [6.45, 7) is 7.76. The predicted octanol–water partition coefficient (Wildman–Crippen LogP) is 2.87. The predicted molar refractivity (Wildman–Crippen MR) is 75.3 cm³/mol. The number of nitrogens with zero attached hydrogens (tertiary/aromatic N) is 1. The Bertz CT molecular complexity index is 483. The summed E-state index contributed by atoms with van der Waals surface area (Å²) in [6, 6.07) is 3.61. The summed E-state index contributed by atoms with van der Waals surface area (Å²) in [5, 5.41) is 2.86. The number of hydrogen-bond donors (Lipinski definition) is 1. The van der Waals surface area contributed by atoms with Gasteiger partial charge in [0.25, 0.3) is 0 Å². The standard InChI is InChI=1S/C15H22F2N2O/c1-10(11-6-7-12(16)13(17)8-11)19(5)9-14(20)18-15(2,3)4/h6-8,10H,9H2,1-5H3,(H,18,20). The number of carbonyl (C=O) groups excluding carboxylic acids is 1. The maximum atomic E-state index is 13.2. The minimum atomic E-state index is -0.873. The molecule has 1 aromatic rings. The van der Waals surface area contributed by atoms with Crippen LogP contribution in [0.3, 0.4) is 0 Å². The van der Waals surface area contributed by atoms with Crippen LogP contribution < -0.4 is 5.32 Å². The zero-order chi connectivity index (χ0) is 15.5. The molecule has 1 rings (SSSR count). The highest BCUT2D eigenvalue weighted by molar-refractivity contribution is 5.78. The van der Waals surface area contributed by atoms with Gasteiger partial charge in [0.05, 0.1) is 6.54 Å². The molecule has 112 valence electrons. The van der Waals surface area contributed by atoms with E-state index in [0.29, 0.717) is 5.56 Å². The normalized spacial score (nSPS) is 13.4. The molecule has 1 N–H and O–H groups in total. The van der Waals surface area contributed by atoms with Crippen molar-refractivity contribution in [1.29, 1.82) is 0 Å². The lowest BCUT2D eigenvalue weighted by Gasteiger charge is -2.27. The van der Waals surface area contributed by atoms with E-state index in [9.17, 15) is 13.6 Å².